The van der Waals surface area contributed by atoms with Gasteiger partial charge < -0.3 is 20.1 Å². The minimum absolute atomic E-state index is 0.141. The van der Waals surface area contributed by atoms with E-state index < -0.39 is 17.6 Å². The first-order valence-corrected chi connectivity index (χ1v) is 9.43. The lowest BCUT2D eigenvalue weighted by atomic mass is 10.1. The third-order valence-electron chi connectivity index (χ3n) is 4.30. The number of ether oxygens (including phenoxy) is 2. The Hall–Kier alpha value is -3.02. The zero-order chi connectivity index (χ0) is 20.2. The fraction of sp³-hybridized carbons (Fsp3) is 0.364. The molecule has 1 aromatic rings. The monoisotopic (exact) mass is 384 g/mol. The highest BCUT2D eigenvalue weighted by Gasteiger charge is 2.37. The normalized spacial score (nSPS) is 14.6. The predicted molar refractivity (Wildman–Crippen MR) is 109 cm³/mol. The lowest BCUT2D eigenvalue weighted by Gasteiger charge is -2.17. The molecule has 0 spiro atoms. The van der Waals surface area contributed by atoms with Crippen LogP contribution in [0.4, 0.5) is 9.59 Å². The third kappa shape index (κ3) is 7.70. The van der Waals surface area contributed by atoms with Crippen LogP contribution in [0.1, 0.15) is 25.8 Å². The van der Waals surface area contributed by atoms with Gasteiger partial charge in [0, 0.05) is 13.1 Å². The Kier molecular flexibility index (Phi) is 8.34. The fourth-order valence-electron chi connectivity index (χ4n) is 2.34. The Balaban J connectivity index is 1.64. The van der Waals surface area contributed by atoms with Gasteiger partial charge in [0.05, 0.1) is 5.41 Å². The van der Waals surface area contributed by atoms with Crippen LogP contribution in [0.25, 0.3) is 0 Å². The Morgan fingerprint density at radius 1 is 1.04 bits per heavy atom. The van der Waals surface area contributed by atoms with Crippen molar-refractivity contribution < 1.29 is 19.1 Å². The molecule has 6 nitrogen and oxygen atoms in total. The highest BCUT2D eigenvalue weighted by atomic mass is 16.6. The molecule has 2 rings (SSSR count). The fourth-order valence-corrected chi connectivity index (χ4v) is 2.34. The number of allylic oxidation sites excluding steroid dienone is 3. The second kappa shape index (κ2) is 11.0. The van der Waals surface area contributed by atoms with E-state index >= 15 is 0 Å². The van der Waals surface area contributed by atoms with Crippen molar-refractivity contribution in [1.82, 2.24) is 10.6 Å². The highest BCUT2D eigenvalue weighted by Crippen LogP contribution is 2.35. The summed E-state index contributed by atoms with van der Waals surface area (Å²) in [6.45, 7) is 5.11. The van der Waals surface area contributed by atoms with Crippen molar-refractivity contribution in [3.05, 3.63) is 71.8 Å². The van der Waals surface area contributed by atoms with E-state index in [1.165, 1.54) is 0 Å². The first kappa shape index (κ1) is 21.3. The van der Waals surface area contributed by atoms with Crippen LogP contribution in [-0.4, -0.2) is 31.9 Å². The Morgan fingerprint density at radius 3 is 2.25 bits per heavy atom. The van der Waals surface area contributed by atoms with Gasteiger partial charge in [-0.2, -0.15) is 0 Å². The first-order valence-electron chi connectivity index (χ1n) is 9.43. The van der Waals surface area contributed by atoms with Gasteiger partial charge >= 0.3 is 12.2 Å². The Labute approximate surface area is 166 Å². The second-order valence-electron chi connectivity index (χ2n) is 6.62. The van der Waals surface area contributed by atoms with Gasteiger partial charge in [0.1, 0.15) is 13.2 Å². The van der Waals surface area contributed by atoms with E-state index in [1.807, 2.05) is 74.6 Å². The molecule has 0 saturated heterocycles. The van der Waals surface area contributed by atoms with Gasteiger partial charge in [0.25, 0.3) is 0 Å². The van der Waals surface area contributed by atoms with Crippen molar-refractivity contribution >= 4 is 12.2 Å². The van der Waals surface area contributed by atoms with Crippen LogP contribution in [0.5, 0.6) is 0 Å². The Bertz CT molecular complexity index is 732. The largest absolute Gasteiger partial charge is 0.448 e. The van der Waals surface area contributed by atoms with Crippen LogP contribution in [0.15, 0.2) is 66.3 Å². The van der Waals surface area contributed by atoms with Crippen molar-refractivity contribution in [1.29, 1.82) is 0 Å². The number of alkyl carbamates (subject to hydrolysis) is 2. The third-order valence-corrected chi connectivity index (χ3v) is 4.30. The summed E-state index contributed by atoms with van der Waals surface area (Å²) in [5.74, 6) is 0. The number of carbonyl (C=O) groups excluding carboxylic acids is 2. The summed E-state index contributed by atoms with van der Waals surface area (Å²) >= 11 is 0. The summed E-state index contributed by atoms with van der Waals surface area (Å²) < 4.78 is 10.5. The average molecular weight is 384 g/mol. The molecule has 28 heavy (non-hydrogen) atoms. The topological polar surface area (TPSA) is 76.7 Å². The molecule has 2 N–H and O–H groups in total. The molecule has 0 aromatic heterocycles. The summed E-state index contributed by atoms with van der Waals surface area (Å²) in [4.78, 5) is 23.7. The maximum absolute atomic E-state index is 11.9. The number of amides is 2. The van der Waals surface area contributed by atoms with E-state index in [0.717, 1.165) is 17.6 Å². The molecule has 150 valence electrons. The molecule has 0 saturated carbocycles. The summed E-state index contributed by atoms with van der Waals surface area (Å²) in [6.07, 6.45) is 9.46. The quantitative estimate of drug-likeness (QED) is 0.470. The second-order valence-corrected chi connectivity index (χ2v) is 6.62. The molecule has 2 amide bonds. The summed E-state index contributed by atoms with van der Waals surface area (Å²) in [5.41, 5.74) is 1.61. The molecule has 1 aliphatic rings. The van der Waals surface area contributed by atoms with Crippen molar-refractivity contribution in [3.8, 4) is 0 Å². The number of hydrogen-bond donors (Lipinski definition) is 2. The zero-order valence-electron chi connectivity index (χ0n) is 16.4. The predicted octanol–water partition coefficient (Wildman–Crippen LogP) is 4.11. The van der Waals surface area contributed by atoms with Crippen LogP contribution in [0.3, 0.4) is 0 Å². The van der Waals surface area contributed by atoms with Gasteiger partial charge in [-0.3, -0.25) is 0 Å². The molecule has 0 aliphatic heterocycles. The van der Waals surface area contributed by atoms with Crippen molar-refractivity contribution in [2.75, 3.05) is 19.8 Å². The van der Waals surface area contributed by atoms with Gasteiger partial charge in [-0.15, -0.1) is 0 Å². The molecule has 0 heterocycles. The lowest BCUT2D eigenvalue weighted by Crippen LogP contribution is -2.32. The first-order chi connectivity index (χ1) is 13.6. The van der Waals surface area contributed by atoms with Crippen LogP contribution in [0, 0.1) is 5.41 Å². The van der Waals surface area contributed by atoms with Crippen molar-refractivity contribution in [2.45, 2.75) is 26.8 Å². The number of hydrogen-bond acceptors (Lipinski definition) is 4. The summed E-state index contributed by atoms with van der Waals surface area (Å²) in [6, 6.07) is 9.59. The Morgan fingerprint density at radius 2 is 1.68 bits per heavy atom. The molecule has 0 atom stereocenters. The molecule has 6 heteroatoms. The van der Waals surface area contributed by atoms with Crippen LogP contribution < -0.4 is 10.6 Å². The minimum Gasteiger partial charge on any atom is -0.448 e. The average Bonchev–Trinajstić information content (AvgIpc) is 3.50. The maximum atomic E-state index is 11.9. The van der Waals surface area contributed by atoms with E-state index in [0.29, 0.717) is 13.1 Å². The van der Waals surface area contributed by atoms with E-state index in [-0.39, 0.29) is 13.2 Å². The van der Waals surface area contributed by atoms with Crippen LogP contribution in [0.2, 0.25) is 0 Å². The van der Waals surface area contributed by atoms with Gasteiger partial charge in [-0.1, -0.05) is 73.2 Å². The van der Waals surface area contributed by atoms with Gasteiger partial charge in [-0.05, 0) is 18.9 Å². The zero-order valence-corrected chi connectivity index (χ0v) is 16.4. The number of rotatable bonds is 10. The smallest absolute Gasteiger partial charge is 0.407 e. The molecule has 0 unspecified atom stereocenters. The van der Waals surface area contributed by atoms with E-state index in [2.05, 4.69) is 10.6 Å². The summed E-state index contributed by atoms with van der Waals surface area (Å²) in [5, 5.41) is 5.43. The molecule has 1 aromatic carbocycles. The number of nitrogens with one attached hydrogen (secondary N) is 2. The van der Waals surface area contributed by atoms with Gasteiger partial charge in [0.15, 0.2) is 0 Å². The standard InChI is InChI=1S/C22H28N2O4/c1-3-5-9-18(4-2)14-23-20(25)27-16-22(12-13-22)17-28-21(26)24-15-19-10-7-6-8-11-19/h3,5-13H,4,14-17H2,1-2H3,(H,23,25)(H,24,26)/b5-3-,18-9+. The SMILES string of the molecule is C/C=C\C=C(/CC)CNC(=O)OCC1(COC(=O)NCc2ccccc2)C=C1. The van der Waals surface area contributed by atoms with E-state index in [9.17, 15) is 9.59 Å². The number of benzene rings is 1. The molecular weight excluding hydrogens is 356 g/mol. The maximum Gasteiger partial charge on any atom is 0.407 e. The van der Waals surface area contributed by atoms with Crippen molar-refractivity contribution in [3.63, 3.8) is 0 Å². The molecular formula is C22H28N2O4. The minimum atomic E-state index is -0.497. The lowest BCUT2D eigenvalue weighted by molar-refractivity contribution is 0.0857. The summed E-state index contributed by atoms with van der Waals surface area (Å²) in [7, 11) is 0. The van der Waals surface area contributed by atoms with Gasteiger partial charge in [0.2, 0.25) is 0 Å². The van der Waals surface area contributed by atoms with E-state index in [4.69, 9.17) is 9.47 Å². The molecule has 0 bridgehead atoms. The molecule has 0 fully saturated rings. The van der Waals surface area contributed by atoms with Crippen LogP contribution in [-0.2, 0) is 16.0 Å². The molecule has 0 radical (unpaired) electrons. The number of carbonyl (C=O) groups is 2. The van der Waals surface area contributed by atoms with E-state index in [1.54, 1.807) is 0 Å². The van der Waals surface area contributed by atoms with Crippen LogP contribution >= 0.6 is 0 Å². The van der Waals surface area contributed by atoms with Crippen molar-refractivity contribution in [2.24, 2.45) is 5.41 Å². The highest BCUT2D eigenvalue weighted by molar-refractivity contribution is 5.68. The molecule has 1 aliphatic carbocycles. The van der Waals surface area contributed by atoms with Gasteiger partial charge in [-0.25, -0.2) is 9.59 Å².